The van der Waals surface area contributed by atoms with E-state index in [0.717, 1.165) is 32.4 Å². The van der Waals surface area contributed by atoms with E-state index in [1.807, 2.05) is 0 Å². The number of terminal acetylenes is 1. The van der Waals surface area contributed by atoms with E-state index in [9.17, 15) is 38.4 Å². The molecule has 1 aliphatic heterocycles. The van der Waals surface area contributed by atoms with E-state index in [4.69, 9.17) is 41.7 Å². The number of nitrogens with zero attached hydrogens (tertiary/aromatic N) is 4. The van der Waals surface area contributed by atoms with Crippen LogP contribution in [0.1, 0.15) is 59.9 Å². The summed E-state index contributed by atoms with van der Waals surface area (Å²) < 4.78 is 28.3. The van der Waals surface area contributed by atoms with Gasteiger partial charge in [0.05, 0.1) is 19.3 Å². The number of ether oxygens (including phenoxy) is 5. The molecule has 0 saturated carbocycles. The summed E-state index contributed by atoms with van der Waals surface area (Å²) in [5.41, 5.74) is 0.154. The van der Waals surface area contributed by atoms with Gasteiger partial charge in [0, 0.05) is 47.6 Å². The molecule has 0 unspecified atom stereocenters. The van der Waals surface area contributed by atoms with Gasteiger partial charge in [-0.1, -0.05) is 11.1 Å². The number of alkyl halides is 1. The summed E-state index contributed by atoms with van der Waals surface area (Å²) >= 11 is 5.84. The van der Waals surface area contributed by atoms with Gasteiger partial charge in [-0.3, -0.25) is 38.4 Å². The SMILES string of the molecule is C#CCNC(=O)[C@@H](NC(=O)CCN(Cc1cn([C@@H]2O[C@H](COC(C)=O)[C@@H](OC(C)=O)[C@H](OC(C)=O)[C@H]2NC(C)=O)nn1)C(=O)CCl)[C@@H](C)OC(C)=O. The van der Waals surface area contributed by atoms with Crippen LogP contribution >= 0.6 is 11.6 Å². The molecule has 1 saturated heterocycles. The molecule has 7 atom stereocenters. The molecule has 1 aromatic rings. The second-order valence-corrected chi connectivity index (χ2v) is 11.7. The van der Waals surface area contributed by atoms with Gasteiger partial charge in [0.25, 0.3) is 0 Å². The van der Waals surface area contributed by atoms with Crippen LogP contribution in [0.15, 0.2) is 6.20 Å². The summed E-state index contributed by atoms with van der Waals surface area (Å²) in [7, 11) is 0. The minimum absolute atomic E-state index is 0.141. The van der Waals surface area contributed by atoms with Gasteiger partial charge < -0.3 is 44.5 Å². The third-order valence-corrected chi connectivity index (χ3v) is 7.35. The molecular weight excluding hydrogens is 714 g/mol. The minimum atomic E-state index is -1.36. The monoisotopic (exact) mass is 755 g/mol. The Bertz CT molecular complexity index is 1530. The van der Waals surface area contributed by atoms with Crippen molar-refractivity contribution in [2.24, 2.45) is 0 Å². The zero-order valence-electron chi connectivity index (χ0n) is 29.4. The standard InChI is InChI=1S/C31H42ClN7O13/c1-8-10-33-30(47)26(16(2)49-19(5)42)35-24(45)9-11-38(25(46)12-32)13-22-14-39(37-36-22)31-27(34-17(3)40)29(51-21(7)44)28(50-20(6)43)23(52-31)15-48-18(4)41/h1,14,16,23,26-29,31H,9-13,15H2,2-7H3,(H,33,47)(H,34,40)(H,35,45)/t16-,23-,26+,27-,28-,29-,31-/m1/s1. The number of aromatic nitrogens is 3. The van der Waals surface area contributed by atoms with Gasteiger partial charge >= 0.3 is 23.9 Å². The number of amides is 4. The van der Waals surface area contributed by atoms with E-state index in [1.54, 1.807) is 0 Å². The maximum absolute atomic E-state index is 12.9. The number of esters is 4. The molecule has 0 radical (unpaired) electrons. The van der Waals surface area contributed by atoms with Gasteiger partial charge in [-0.15, -0.1) is 23.1 Å². The summed E-state index contributed by atoms with van der Waals surface area (Å²) in [6.07, 6.45) is -0.0330. The molecule has 0 aromatic carbocycles. The second-order valence-electron chi connectivity index (χ2n) is 11.4. The molecule has 1 aromatic heterocycles. The normalized spacial score (nSPS) is 20.5. The summed E-state index contributed by atoms with van der Waals surface area (Å²) in [4.78, 5) is 99.1. The lowest BCUT2D eigenvalue weighted by Crippen LogP contribution is -2.64. The summed E-state index contributed by atoms with van der Waals surface area (Å²) in [5, 5.41) is 15.7. The molecule has 52 heavy (non-hydrogen) atoms. The molecule has 21 heteroatoms. The lowest BCUT2D eigenvalue weighted by molar-refractivity contribution is -0.239. The highest BCUT2D eigenvalue weighted by Gasteiger charge is 2.52. The van der Waals surface area contributed by atoms with Gasteiger partial charge in [0.1, 0.15) is 42.5 Å². The van der Waals surface area contributed by atoms with Gasteiger partial charge in [-0.25, -0.2) is 4.68 Å². The maximum atomic E-state index is 12.9. The summed E-state index contributed by atoms with van der Waals surface area (Å²) in [6, 6.07) is -2.52. The highest BCUT2D eigenvalue weighted by molar-refractivity contribution is 6.27. The number of nitrogens with one attached hydrogen (secondary N) is 3. The Kier molecular flexibility index (Phi) is 16.9. The number of hydrogen-bond acceptors (Lipinski definition) is 15. The first-order chi connectivity index (χ1) is 24.5. The fraction of sp³-hybridized carbons (Fsp3) is 0.613. The van der Waals surface area contributed by atoms with Crippen LogP contribution < -0.4 is 16.0 Å². The average molecular weight is 756 g/mol. The van der Waals surface area contributed by atoms with Crippen molar-refractivity contribution in [1.82, 2.24) is 35.8 Å². The first-order valence-corrected chi connectivity index (χ1v) is 16.3. The minimum Gasteiger partial charge on any atom is -0.463 e. The predicted octanol–water partition coefficient (Wildman–Crippen LogP) is -1.75. The van der Waals surface area contributed by atoms with Gasteiger partial charge in [0.2, 0.25) is 23.6 Å². The van der Waals surface area contributed by atoms with E-state index in [-0.39, 0.29) is 31.7 Å². The smallest absolute Gasteiger partial charge is 0.303 e. The lowest BCUT2D eigenvalue weighted by Gasteiger charge is -2.45. The molecule has 0 spiro atoms. The van der Waals surface area contributed by atoms with E-state index < -0.39 is 103 Å². The second kappa shape index (κ2) is 20.5. The molecule has 4 amide bonds. The molecule has 2 heterocycles. The quantitative estimate of drug-likeness (QED) is 0.0690. The first-order valence-electron chi connectivity index (χ1n) is 15.8. The van der Waals surface area contributed by atoms with Crippen molar-refractivity contribution < 1.29 is 62.0 Å². The van der Waals surface area contributed by atoms with Crippen molar-refractivity contribution in [2.75, 3.05) is 25.6 Å². The van der Waals surface area contributed by atoms with Crippen LogP contribution in [-0.4, -0.2) is 129 Å². The molecule has 0 aliphatic carbocycles. The zero-order valence-corrected chi connectivity index (χ0v) is 30.2. The Morgan fingerprint density at radius 1 is 1.02 bits per heavy atom. The Morgan fingerprint density at radius 2 is 1.67 bits per heavy atom. The Hall–Kier alpha value is -5.29. The maximum Gasteiger partial charge on any atom is 0.303 e. The van der Waals surface area contributed by atoms with Crippen LogP contribution in [-0.2, 0) is 68.6 Å². The zero-order chi connectivity index (χ0) is 39.1. The Balaban J connectivity index is 2.35. The number of carbonyl (C=O) groups excluding carboxylic acids is 8. The molecule has 3 N–H and O–H groups in total. The van der Waals surface area contributed by atoms with E-state index in [2.05, 4.69) is 32.2 Å². The third-order valence-electron chi connectivity index (χ3n) is 7.12. The van der Waals surface area contributed by atoms with Crippen LogP contribution in [0.3, 0.4) is 0 Å². The van der Waals surface area contributed by atoms with Crippen molar-refractivity contribution in [3.63, 3.8) is 0 Å². The fourth-order valence-electron chi connectivity index (χ4n) is 5.07. The first kappa shape index (κ1) is 42.9. The average Bonchev–Trinajstić information content (AvgIpc) is 3.52. The Morgan fingerprint density at radius 3 is 2.23 bits per heavy atom. The number of carbonyl (C=O) groups is 8. The highest BCUT2D eigenvalue weighted by atomic mass is 35.5. The topological polar surface area (TPSA) is 253 Å². The van der Waals surface area contributed by atoms with E-state index >= 15 is 0 Å². The fourth-order valence-corrected chi connectivity index (χ4v) is 5.24. The summed E-state index contributed by atoms with van der Waals surface area (Å²) in [5.74, 6) is -3.71. The van der Waals surface area contributed by atoms with Crippen molar-refractivity contribution >= 4 is 59.1 Å². The molecule has 0 bridgehead atoms. The van der Waals surface area contributed by atoms with Crippen LogP contribution in [0.25, 0.3) is 0 Å². The Labute approximate surface area is 303 Å². The highest BCUT2D eigenvalue weighted by Crippen LogP contribution is 2.32. The van der Waals surface area contributed by atoms with Crippen molar-refractivity contribution in [3.05, 3.63) is 11.9 Å². The number of hydrogen-bond donors (Lipinski definition) is 3. The van der Waals surface area contributed by atoms with Gasteiger partial charge in [0.15, 0.2) is 18.4 Å². The van der Waals surface area contributed by atoms with Crippen LogP contribution in [0.4, 0.5) is 0 Å². The van der Waals surface area contributed by atoms with Crippen LogP contribution in [0.2, 0.25) is 0 Å². The van der Waals surface area contributed by atoms with Crippen molar-refractivity contribution in [2.45, 2.75) is 97.2 Å². The van der Waals surface area contributed by atoms with Crippen molar-refractivity contribution in [3.8, 4) is 12.3 Å². The third kappa shape index (κ3) is 13.4. The largest absolute Gasteiger partial charge is 0.463 e. The van der Waals surface area contributed by atoms with Crippen LogP contribution in [0.5, 0.6) is 0 Å². The van der Waals surface area contributed by atoms with E-state index in [0.29, 0.717) is 0 Å². The summed E-state index contributed by atoms with van der Waals surface area (Å²) in [6.45, 7) is 6.07. The molecular formula is C31H42ClN7O13. The molecule has 1 aliphatic rings. The number of rotatable bonds is 17. The molecule has 1 fully saturated rings. The van der Waals surface area contributed by atoms with Crippen molar-refractivity contribution in [1.29, 1.82) is 0 Å². The molecule has 20 nitrogen and oxygen atoms in total. The molecule has 286 valence electrons. The number of halogens is 1. The predicted molar refractivity (Wildman–Crippen MR) is 175 cm³/mol. The van der Waals surface area contributed by atoms with E-state index in [1.165, 1.54) is 24.9 Å². The van der Waals surface area contributed by atoms with Gasteiger partial charge in [-0.05, 0) is 6.92 Å². The van der Waals surface area contributed by atoms with Gasteiger partial charge in [-0.2, -0.15) is 0 Å². The molecule has 2 rings (SSSR count). The van der Waals surface area contributed by atoms with Crippen LogP contribution in [0, 0.1) is 12.3 Å². The lowest BCUT2D eigenvalue weighted by atomic mass is 9.95.